The number of piperidine rings is 1. The lowest BCUT2D eigenvalue weighted by atomic mass is 9.68. The first kappa shape index (κ1) is 11.9. The maximum absolute atomic E-state index is 11.9. The summed E-state index contributed by atoms with van der Waals surface area (Å²) in [6.07, 6.45) is 2.85. The SMILES string of the molecule is O=C1NCCCC1NC(=O)C1(C(=O)O)CCC1. The van der Waals surface area contributed by atoms with Crippen LogP contribution in [0.4, 0.5) is 0 Å². The Morgan fingerprint density at radius 3 is 2.53 bits per heavy atom. The van der Waals surface area contributed by atoms with Crippen LogP contribution in [0.1, 0.15) is 32.1 Å². The normalized spacial score (nSPS) is 26.6. The van der Waals surface area contributed by atoms with E-state index in [1.54, 1.807) is 0 Å². The van der Waals surface area contributed by atoms with E-state index in [2.05, 4.69) is 10.6 Å². The summed E-state index contributed by atoms with van der Waals surface area (Å²) in [4.78, 5) is 34.5. The molecule has 2 fully saturated rings. The second-order valence-electron chi connectivity index (χ2n) is 4.70. The quantitative estimate of drug-likeness (QED) is 0.587. The van der Waals surface area contributed by atoms with Crippen molar-refractivity contribution in [2.45, 2.75) is 38.1 Å². The molecule has 2 aliphatic rings. The van der Waals surface area contributed by atoms with Crippen molar-refractivity contribution < 1.29 is 19.5 Å². The molecule has 1 saturated heterocycles. The Kier molecular flexibility index (Phi) is 3.04. The molecule has 1 atom stereocenters. The first-order chi connectivity index (χ1) is 8.06. The second-order valence-corrected chi connectivity index (χ2v) is 4.70. The highest BCUT2D eigenvalue weighted by Crippen LogP contribution is 2.41. The number of amides is 2. The van der Waals surface area contributed by atoms with Crippen LogP contribution in [0.5, 0.6) is 0 Å². The molecule has 6 nitrogen and oxygen atoms in total. The molecule has 0 aromatic rings. The van der Waals surface area contributed by atoms with Gasteiger partial charge >= 0.3 is 5.97 Å². The van der Waals surface area contributed by atoms with Crippen LogP contribution in [0.2, 0.25) is 0 Å². The van der Waals surface area contributed by atoms with Gasteiger partial charge in [0.25, 0.3) is 0 Å². The summed E-state index contributed by atoms with van der Waals surface area (Å²) in [5, 5.41) is 14.3. The van der Waals surface area contributed by atoms with Crippen molar-refractivity contribution in [3.05, 3.63) is 0 Å². The summed E-state index contributed by atoms with van der Waals surface area (Å²) in [5.74, 6) is -1.82. The summed E-state index contributed by atoms with van der Waals surface area (Å²) in [6.45, 7) is 0.620. The molecule has 1 unspecified atom stereocenters. The van der Waals surface area contributed by atoms with Crippen molar-refractivity contribution in [1.82, 2.24) is 10.6 Å². The van der Waals surface area contributed by atoms with Gasteiger partial charge in [0, 0.05) is 6.54 Å². The van der Waals surface area contributed by atoms with Gasteiger partial charge in [-0.05, 0) is 25.7 Å². The largest absolute Gasteiger partial charge is 0.480 e. The average Bonchev–Trinajstić information content (AvgIpc) is 2.19. The van der Waals surface area contributed by atoms with Crippen molar-refractivity contribution in [2.75, 3.05) is 6.54 Å². The first-order valence-corrected chi connectivity index (χ1v) is 5.88. The Morgan fingerprint density at radius 2 is 2.06 bits per heavy atom. The molecule has 0 aromatic carbocycles. The van der Waals surface area contributed by atoms with Gasteiger partial charge in [-0.1, -0.05) is 6.42 Å². The number of carbonyl (C=O) groups excluding carboxylic acids is 2. The number of nitrogens with one attached hydrogen (secondary N) is 2. The van der Waals surface area contributed by atoms with Gasteiger partial charge in [-0.3, -0.25) is 14.4 Å². The minimum absolute atomic E-state index is 0.218. The smallest absolute Gasteiger partial charge is 0.319 e. The predicted octanol–water partition coefficient (Wildman–Crippen LogP) is -0.364. The summed E-state index contributed by atoms with van der Waals surface area (Å²) >= 11 is 0. The standard InChI is InChI=1S/C11H16N2O4/c14-8-7(3-1-6-12-8)13-9(15)11(10(16)17)4-2-5-11/h7H,1-6H2,(H,12,14)(H,13,15)(H,16,17). The summed E-state index contributed by atoms with van der Waals surface area (Å²) < 4.78 is 0. The molecule has 0 bridgehead atoms. The lowest BCUT2D eigenvalue weighted by molar-refractivity contribution is -0.163. The molecule has 0 radical (unpaired) electrons. The van der Waals surface area contributed by atoms with Crippen LogP contribution in [0.3, 0.4) is 0 Å². The van der Waals surface area contributed by atoms with Gasteiger partial charge in [0.1, 0.15) is 11.5 Å². The van der Waals surface area contributed by atoms with Crippen molar-refractivity contribution in [1.29, 1.82) is 0 Å². The summed E-state index contributed by atoms with van der Waals surface area (Å²) in [7, 11) is 0. The topological polar surface area (TPSA) is 95.5 Å². The lowest BCUT2D eigenvalue weighted by Gasteiger charge is -2.37. The van der Waals surface area contributed by atoms with Crippen LogP contribution in [0.15, 0.2) is 0 Å². The molecule has 1 aliphatic heterocycles. The van der Waals surface area contributed by atoms with Crippen molar-refractivity contribution in [3.63, 3.8) is 0 Å². The number of rotatable bonds is 3. The van der Waals surface area contributed by atoms with Crippen LogP contribution in [-0.4, -0.2) is 35.5 Å². The third-order valence-electron chi connectivity index (χ3n) is 3.64. The highest BCUT2D eigenvalue weighted by Gasteiger charge is 2.51. The Morgan fingerprint density at radius 1 is 1.35 bits per heavy atom. The molecule has 94 valence electrons. The highest BCUT2D eigenvalue weighted by atomic mass is 16.4. The lowest BCUT2D eigenvalue weighted by Crippen LogP contribution is -2.57. The fourth-order valence-corrected chi connectivity index (χ4v) is 2.27. The third kappa shape index (κ3) is 1.99. The van der Waals surface area contributed by atoms with E-state index in [4.69, 9.17) is 5.11 Å². The van der Waals surface area contributed by atoms with Gasteiger partial charge in [-0.15, -0.1) is 0 Å². The molecule has 1 aliphatic carbocycles. The van der Waals surface area contributed by atoms with E-state index >= 15 is 0 Å². The maximum atomic E-state index is 11.9. The van der Waals surface area contributed by atoms with Gasteiger partial charge in [-0.2, -0.15) is 0 Å². The molecule has 3 N–H and O–H groups in total. The number of carboxylic acid groups (broad SMARTS) is 1. The van der Waals surface area contributed by atoms with E-state index in [0.717, 1.165) is 12.8 Å². The van der Waals surface area contributed by atoms with Crippen molar-refractivity contribution in [3.8, 4) is 0 Å². The van der Waals surface area contributed by atoms with Crippen LogP contribution in [0, 0.1) is 5.41 Å². The zero-order valence-corrected chi connectivity index (χ0v) is 9.49. The summed E-state index contributed by atoms with van der Waals surface area (Å²) in [5.41, 5.74) is -1.29. The molecule has 6 heteroatoms. The molecule has 0 spiro atoms. The minimum Gasteiger partial charge on any atom is -0.480 e. The van der Waals surface area contributed by atoms with Crippen molar-refractivity contribution in [2.24, 2.45) is 5.41 Å². The summed E-state index contributed by atoms with van der Waals surface area (Å²) in [6, 6.07) is -0.576. The number of carboxylic acids is 1. The van der Waals surface area contributed by atoms with Crippen LogP contribution in [0.25, 0.3) is 0 Å². The Labute approximate surface area is 98.8 Å². The van der Waals surface area contributed by atoms with E-state index in [1.807, 2.05) is 0 Å². The Hall–Kier alpha value is -1.59. The van der Waals surface area contributed by atoms with Gasteiger partial charge in [-0.25, -0.2) is 0 Å². The molecular weight excluding hydrogens is 224 g/mol. The zero-order chi connectivity index (χ0) is 12.5. The monoisotopic (exact) mass is 240 g/mol. The first-order valence-electron chi connectivity index (χ1n) is 5.88. The molecule has 2 rings (SSSR count). The Bertz CT molecular complexity index is 362. The molecule has 0 aromatic heterocycles. The van der Waals surface area contributed by atoms with Gasteiger partial charge < -0.3 is 15.7 Å². The number of hydrogen-bond donors (Lipinski definition) is 3. The van der Waals surface area contributed by atoms with E-state index < -0.39 is 23.3 Å². The Balaban J connectivity index is 2.00. The molecular formula is C11H16N2O4. The number of aliphatic carboxylic acids is 1. The average molecular weight is 240 g/mol. The van der Waals surface area contributed by atoms with E-state index in [0.29, 0.717) is 25.8 Å². The van der Waals surface area contributed by atoms with E-state index in [9.17, 15) is 14.4 Å². The predicted molar refractivity (Wildman–Crippen MR) is 58.1 cm³/mol. The third-order valence-corrected chi connectivity index (χ3v) is 3.64. The maximum Gasteiger partial charge on any atom is 0.319 e. The molecule has 1 saturated carbocycles. The highest BCUT2D eigenvalue weighted by molar-refractivity contribution is 6.04. The fraction of sp³-hybridized carbons (Fsp3) is 0.727. The molecule has 17 heavy (non-hydrogen) atoms. The zero-order valence-electron chi connectivity index (χ0n) is 9.49. The second kappa shape index (κ2) is 4.35. The van der Waals surface area contributed by atoms with Crippen LogP contribution in [-0.2, 0) is 14.4 Å². The van der Waals surface area contributed by atoms with Gasteiger partial charge in [0.15, 0.2) is 0 Å². The molecule has 2 amide bonds. The fourth-order valence-electron chi connectivity index (χ4n) is 2.27. The van der Waals surface area contributed by atoms with Crippen LogP contribution < -0.4 is 10.6 Å². The van der Waals surface area contributed by atoms with E-state index in [-0.39, 0.29) is 5.91 Å². The molecule has 1 heterocycles. The van der Waals surface area contributed by atoms with Crippen molar-refractivity contribution >= 4 is 17.8 Å². The number of carbonyl (C=O) groups is 3. The van der Waals surface area contributed by atoms with Gasteiger partial charge in [0.2, 0.25) is 11.8 Å². The van der Waals surface area contributed by atoms with E-state index in [1.165, 1.54) is 0 Å². The van der Waals surface area contributed by atoms with Crippen LogP contribution >= 0.6 is 0 Å². The minimum atomic E-state index is -1.29. The number of hydrogen-bond acceptors (Lipinski definition) is 3. The van der Waals surface area contributed by atoms with Gasteiger partial charge in [0.05, 0.1) is 0 Å².